The predicted molar refractivity (Wildman–Crippen MR) is 71.1 cm³/mol. The summed E-state index contributed by atoms with van der Waals surface area (Å²) in [5.74, 6) is 5.54. The van der Waals surface area contributed by atoms with Crippen molar-refractivity contribution in [2.24, 2.45) is 11.6 Å². The van der Waals surface area contributed by atoms with Crippen LogP contribution < -0.4 is 21.7 Å². The molecule has 0 aliphatic rings. The summed E-state index contributed by atoms with van der Waals surface area (Å²) in [6.07, 6.45) is 0.135. The van der Waals surface area contributed by atoms with E-state index in [1.807, 2.05) is 26.8 Å². The van der Waals surface area contributed by atoms with E-state index < -0.39 is 6.04 Å². The molecule has 5 N–H and O–H groups in total. The minimum absolute atomic E-state index is 0.135. The Morgan fingerprint density at radius 1 is 1.39 bits per heavy atom. The molecule has 5 heteroatoms. The second kappa shape index (κ2) is 5.84. The van der Waals surface area contributed by atoms with E-state index in [0.29, 0.717) is 0 Å². The molecule has 1 aromatic carbocycles. The molecular weight excluding hydrogens is 230 g/mol. The lowest BCUT2D eigenvalue weighted by atomic mass is 9.93. The molecule has 0 saturated heterocycles. The zero-order chi connectivity index (χ0) is 13.9. The molecule has 0 aliphatic carbocycles. The lowest BCUT2D eigenvalue weighted by Gasteiger charge is -2.21. The van der Waals surface area contributed by atoms with Crippen LogP contribution in [0.4, 0.5) is 0 Å². The van der Waals surface area contributed by atoms with Crippen molar-refractivity contribution in [2.75, 3.05) is 7.11 Å². The highest BCUT2D eigenvalue weighted by Gasteiger charge is 2.20. The van der Waals surface area contributed by atoms with Gasteiger partial charge in [0.2, 0.25) is 5.91 Å². The Kier molecular flexibility index (Phi) is 4.69. The number of nitrogens with one attached hydrogen (secondary N) is 1. The smallest absolute Gasteiger partial charge is 0.235 e. The molecule has 0 fully saturated rings. The first-order valence-corrected chi connectivity index (χ1v) is 5.82. The number of hydrogen-bond acceptors (Lipinski definition) is 4. The minimum atomic E-state index is -0.428. The van der Waals surface area contributed by atoms with E-state index in [1.54, 1.807) is 7.11 Å². The lowest BCUT2D eigenvalue weighted by Crippen LogP contribution is -2.33. The zero-order valence-electron chi connectivity index (χ0n) is 11.3. The van der Waals surface area contributed by atoms with Crippen molar-refractivity contribution in [1.82, 2.24) is 5.43 Å². The molecule has 1 unspecified atom stereocenters. The van der Waals surface area contributed by atoms with Gasteiger partial charge in [0.1, 0.15) is 5.75 Å². The van der Waals surface area contributed by atoms with Gasteiger partial charge >= 0.3 is 0 Å². The van der Waals surface area contributed by atoms with Crippen LogP contribution >= 0.6 is 0 Å². The number of ether oxygens (including phenoxy) is 1. The van der Waals surface area contributed by atoms with Gasteiger partial charge in [0.15, 0.2) is 0 Å². The number of carbonyl (C=O) groups is 1. The maximum absolute atomic E-state index is 11.3. The van der Waals surface area contributed by atoms with Crippen LogP contribution in [0.1, 0.15) is 34.7 Å². The first-order valence-electron chi connectivity index (χ1n) is 5.82. The lowest BCUT2D eigenvalue weighted by molar-refractivity contribution is -0.121. The van der Waals surface area contributed by atoms with Gasteiger partial charge in [-0.2, -0.15) is 0 Å². The third kappa shape index (κ3) is 2.80. The van der Waals surface area contributed by atoms with Crippen molar-refractivity contribution in [3.63, 3.8) is 0 Å². The van der Waals surface area contributed by atoms with Crippen LogP contribution in [0.3, 0.4) is 0 Å². The predicted octanol–water partition coefficient (Wildman–Crippen LogP) is 1.00. The molecule has 0 heterocycles. The van der Waals surface area contributed by atoms with Gasteiger partial charge in [-0.3, -0.25) is 10.2 Å². The molecule has 100 valence electrons. The van der Waals surface area contributed by atoms with Crippen LogP contribution in [0.25, 0.3) is 0 Å². The van der Waals surface area contributed by atoms with Crippen molar-refractivity contribution in [3.05, 3.63) is 28.3 Å². The number of hydrogen-bond donors (Lipinski definition) is 3. The van der Waals surface area contributed by atoms with Gasteiger partial charge in [-0.15, -0.1) is 0 Å². The highest BCUT2D eigenvalue weighted by molar-refractivity contribution is 5.76. The molecule has 0 spiro atoms. The van der Waals surface area contributed by atoms with Gasteiger partial charge in [-0.05, 0) is 37.5 Å². The molecule has 0 aliphatic heterocycles. The van der Waals surface area contributed by atoms with Crippen molar-refractivity contribution < 1.29 is 9.53 Å². The van der Waals surface area contributed by atoms with E-state index in [4.69, 9.17) is 16.3 Å². The van der Waals surface area contributed by atoms with Crippen molar-refractivity contribution >= 4 is 5.91 Å². The van der Waals surface area contributed by atoms with E-state index >= 15 is 0 Å². The Balaban J connectivity index is 3.22. The topological polar surface area (TPSA) is 90.4 Å². The van der Waals surface area contributed by atoms with Gasteiger partial charge in [-0.25, -0.2) is 5.84 Å². The van der Waals surface area contributed by atoms with E-state index in [-0.39, 0.29) is 12.3 Å². The Hall–Kier alpha value is -1.59. The molecule has 0 saturated carbocycles. The van der Waals surface area contributed by atoms with E-state index in [2.05, 4.69) is 5.43 Å². The number of benzene rings is 1. The number of aryl methyl sites for hydroxylation is 2. The van der Waals surface area contributed by atoms with Crippen LogP contribution in [0.2, 0.25) is 0 Å². The second-order valence-electron chi connectivity index (χ2n) is 4.46. The van der Waals surface area contributed by atoms with Crippen LogP contribution in [0.5, 0.6) is 5.75 Å². The molecule has 1 atom stereocenters. The first kappa shape index (κ1) is 14.5. The van der Waals surface area contributed by atoms with E-state index in [1.165, 1.54) is 0 Å². The van der Waals surface area contributed by atoms with Gasteiger partial charge < -0.3 is 10.5 Å². The molecule has 1 amide bonds. The average Bonchev–Trinajstić information content (AvgIpc) is 2.32. The minimum Gasteiger partial charge on any atom is -0.496 e. The van der Waals surface area contributed by atoms with Gasteiger partial charge in [0.25, 0.3) is 0 Å². The monoisotopic (exact) mass is 251 g/mol. The maximum atomic E-state index is 11.3. The number of amides is 1. The Morgan fingerprint density at radius 3 is 2.50 bits per heavy atom. The number of nitrogens with two attached hydrogens (primary N) is 2. The molecule has 1 rings (SSSR count). The van der Waals surface area contributed by atoms with Crippen LogP contribution in [0.15, 0.2) is 6.07 Å². The molecule has 5 nitrogen and oxygen atoms in total. The molecule has 1 aromatic rings. The number of methoxy groups -OCH3 is 1. The zero-order valence-corrected chi connectivity index (χ0v) is 11.3. The maximum Gasteiger partial charge on any atom is 0.235 e. The summed E-state index contributed by atoms with van der Waals surface area (Å²) in [6.45, 7) is 5.96. The summed E-state index contributed by atoms with van der Waals surface area (Å²) in [5.41, 5.74) is 12.2. The summed E-state index contributed by atoms with van der Waals surface area (Å²) in [6, 6.07) is 1.62. The molecular formula is C13H21N3O2. The first-order chi connectivity index (χ1) is 8.42. The third-order valence-electron chi connectivity index (χ3n) is 3.18. The van der Waals surface area contributed by atoms with Crippen molar-refractivity contribution in [3.8, 4) is 5.75 Å². The Morgan fingerprint density at radius 2 is 2.00 bits per heavy atom. The van der Waals surface area contributed by atoms with Crippen molar-refractivity contribution in [1.29, 1.82) is 0 Å². The number of rotatable bonds is 4. The summed E-state index contributed by atoms with van der Waals surface area (Å²) in [5, 5.41) is 0. The summed E-state index contributed by atoms with van der Waals surface area (Å²) in [4.78, 5) is 11.3. The van der Waals surface area contributed by atoms with Gasteiger partial charge in [0.05, 0.1) is 7.11 Å². The van der Waals surface area contributed by atoms with E-state index in [9.17, 15) is 4.79 Å². The fraction of sp³-hybridized carbons (Fsp3) is 0.462. The quantitative estimate of drug-likeness (QED) is 0.423. The van der Waals surface area contributed by atoms with Crippen LogP contribution in [0, 0.1) is 20.8 Å². The fourth-order valence-electron chi connectivity index (χ4n) is 2.16. The number of hydrazine groups is 1. The van der Waals surface area contributed by atoms with E-state index in [0.717, 1.165) is 28.0 Å². The summed E-state index contributed by atoms with van der Waals surface area (Å²) in [7, 11) is 1.61. The van der Waals surface area contributed by atoms with Crippen LogP contribution in [-0.4, -0.2) is 13.0 Å². The van der Waals surface area contributed by atoms with Gasteiger partial charge in [0, 0.05) is 18.0 Å². The number of carbonyl (C=O) groups excluding carboxylic acids is 1. The molecule has 0 radical (unpaired) electrons. The summed E-state index contributed by atoms with van der Waals surface area (Å²) < 4.78 is 5.43. The SMILES string of the molecule is COc1c(C)c(C)cc(C)c1C(N)CC(=O)NN. The van der Waals surface area contributed by atoms with Crippen molar-refractivity contribution in [2.45, 2.75) is 33.2 Å². The molecule has 0 bridgehead atoms. The normalized spacial score (nSPS) is 12.1. The Labute approximate surface area is 107 Å². The third-order valence-corrected chi connectivity index (χ3v) is 3.18. The van der Waals surface area contributed by atoms with Crippen LogP contribution in [-0.2, 0) is 4.79 Å². The van der Waals surface area contributed by atoms with Gasteiger partial charge in [-0.1, -0.05) is 6.07 Å². The highest BCUT2D eigenvalue weighted by atomic mass is 16.5. The fourth-order valence-corrected chi connectivity index (χ4v) is 2.16. The largest absolute Gasteiger partial charge is 0.496 e. The average molecular weight is 251 g/mol. The standard InChI is InChI=1S/C13H21N3O2/c1-7-5-8(2)12(13(18-4)9(7)3)10(14)6-11(17)16-15/h5,10H,6,14-15H2,1-4H3,(H,16,17). The Bertz CT molecular complexity index is 458. The molecule has 0 aromatic heterocycles. The summed E-state index contributed by atoms with van der Waals surface area (Å²) >= 11 is 0. The highest BCUT2D eigenvalue weighted by Crippen LogP contribution is 2.34. The molecule has 18 heavy (non-hydrogen) atoms. The second-order valence-corrected chi connectivity index (χ2v) is 4.46.